The van der Waals surface area contributed by atoms with Gasteiger partial charge in [0.05, 0.1) is 31.5 Å². The number of alkyl carbamates (subject to hydrolysis) is 1. The van der Waals surface area contributed by atoms with E-state index in [-0.39, 0.29) is 25.9 Å². The molecule has 0 aliphatic carbocycles. The number of esters is 1. The molecule has 44 heavy (non-hydrogen) atoms. The average Bonchev–Trinajstić information content (AvgIpc) is 3.28. The molecule has 4 atom stereocenters. The lowest BCUT2D eigenvalue weighted by atomic mass is 9.97. The molecule has 1 saturated heterocycles. The summed E-state index contributed by atoms with van der Waals surface area (Å²) in [4.78, 5) is 40.2. The number of nitrogens with zero attached hydrogens (tertiary/aromatic N) is 1. The summed E-state index contributed by atoms with van der Waals surface area (Å²) in [5.74, 6) is 0.0158. The second-order valence-electron chi connectivity index (χ2n) is 12.1. The zero-order chi connectivity index (χ0) is 32.1. The quantitative estimate of drug-likeness (QED) is 0.0755. The first-order valence-electron chi connectivity index (χ1n) is 15.3. The third-order valence-electron chi connectivity index (χ3n) is 7.21. The highest BCUT2D eigenvalue weighted by atomic mass is 28.3. The van der Waals surface area contributed by atoms with Gasteiger partial charge in [-0.25, -0.2) is 9.59 Å². The molecule has 0 spiro atoms. The molecule has 12 heteroatoms. The number of hydrogen-bond acceptors (Lipinski definition) is 9. The first-order chi connectivity index (χ1) is 21.0. The third kappa shape index (κ3) is 10.7. The van der Waals surface area contributed by atoms with E-state index in [9.17, 15) is 14.4 Å². The summed E-state index contributed by atoms with van der Waals surface area (Å²) < 4.78 is 34.1. The fourth-order valence-electron chi connectivity index (χ4n) is 5.11. The predicted molar refractivity (Wildman–Crippen MR) is 170 cm³/mol. The molecular formula is C32H48N2O9Si. The van der Waals surface area contributed by atoms with Crippen molar-refractivity contribution in [3.63, 3.8) is 0 Å². The number of ether oxygens (including phenoxy) is 6. The summed E-state index contributed by atoms with van der Waals surface area (Å²) in [5, 5.41) is 2.87. The fourth-order valence-corrected chi connectivity index (χ4v) is 5.82. The van der Waals surface area contributed by atoms with E-state index in [1.54, 1.807) is 24.3 Å². The van der Waals surface area contributed by atoms with E-state index in [1.807, 2.05) is 0 Å². The van der Waals surface area contributed by atoms with Crippen molar-refractivity contribution in [3.05, 3.63) is 49.1 Å². The third-order valence-corrected chi connectivity index (χ3v) is 8.91. The van der Waals surface area contributed by atoms with Gasteiger partial charge in [-0.15, -0.1) is 6.58 Å². The minimum atomic E-state index is -1.49. The lowest BCUT2D eigenvalue weighted by molar-refractivity contribution is -0.163. The average molecular weight is 633 g/mol. The van der Waals surface area contributed by atoms with Crippen LogP contribution >= 0.6 is 0 Å². The Bertz CT molecular complexity index is 1130. The van der Waals surface area contributed by atoms with Gasteiger partial charge in [0.2, 0.25) is 0 Å². The number of anilines is 1. The van der Waals surface area contributed by atoms with Crippen LogP contribution < -0.4 is 15.0 Å². The smallest absolute Gasteiger partial charge is 0.414 e. The van der Waals surface area contributed by atoms with Crippen LogP contribution in [0.1, 0.15) is 50.6 Å². The maximum absolute atomic E-state index is 13.7. The number of fused-ring (bicyclic) bond motifs is 1. The van der Waals surface area contributed by atoms with Crippen molar-refractivity contribution < 1.29 is 42.8 Å². The highest BCUT2D eigenvalue weighted by Crippen LogP contribution is 2.44. The normalized spacial score (nSPS) is 20.2. The highest BCUT2D eigenvalue weighted by molar-refractivity contribution is 6.76. The molecule has 2 unspecified atom stereocenters. The van der Waals surface area contributed by atoms with Gasteiger partial charge in [0.1, 0.15) is 24.5 Å². The van der Waals surface area contributed by atoms with Gasteiger partial charge < -0.3 is 33.7 Å². The zero-order valence-electron chi connectivity index (χ0n) is 26.5. The van der Waals surface area contributed by atoms with Crippen molar-refractivity contribution in [2.75, 3.05) is 37.9 Å². The first-order valence-corrected chi connectivity index (χ1v) is 19.0. The summed E-state index contributed by atoms with van der Waals surface area (Å²) in [5.41, 5.74) is 1.10. The Balaban J connectivity index is 1.88. The van der Waals surface area contributed by atoms with Crippen molar-refractivity contribution >= 4 is 31.9 Å². The van der Waals surface area contributed by atoms with Crippen molar-refractivity contribution in [1.82, 2.24) is 5.32 Å². The van der Waals surface area contributed by atoms with E-state index >= 15 is 0 Å². The van der Waals surface area contributed by atoms with Gasteiger partial charge in [-0.3, -0.25) is 9.69 Å². The molecule has 2 amide bonds. The van der Waals surface area contributed by atoms with Gasteiger partial charge in [-0.05, 0) is 43.5 Å². The van der Waals surface area contributed by atoms with Crippen LogP contribution in [0.5, 0.6) is 5.75 Å². The maximum Gasteiger partial charge on any atom is 0.414 e. The Morgan fingerprint density at radius 1 is 1.11 bits per heavy atom. The lowest BCUT2D eigenvalue weighted by Crippen LogP contribution is -2.52. The monoisotopic (exact) mass is 632 g/mol. The molecule has 2 aliphatic rings. The molecule has 0 aromatic heterocycles. The summed E-state index contributed by atoms with van der Waals surface area (Å²) in [6.45, 7) is 17.1. The Morgan fingerprint density at radius 3 is 2.57 bits per heavy atom. The molecule has 1 fully saturated rings. The van der Waals surface area contributed by atoms with Crippen molar-refractivity contribution in [2.45, 2.75) is 89.2 Å². The van der Waals surface area contributed by atoms with E-state index in [0.717, 1.165) is 31.9 Å². The fraction of sp³-hybridized carbons (Fsp3) is 0.594. The Hall–Kier alpha value is -3.35. The van der Waals surface area contributed by atoms with Gasteiger partial charge in [-0.1, -0.05) is 38.4 Å². The molecule has 3 rings (SSSR count). The summed E-state index contributed by atoms with van der Waals surface area (Å²) in [7, 11) is -1.49. The molecule has 2 aliphatic heterocycles. The molecular weight excluding hydrogens is 584 g/mol. The number of benzene rings is 1. The number of hydrogen-bond donors (Lipinski definition) is 1. The number of nitrogens with one attached hydrogen (secondary N) is 1. The largest absolute Gasteiger partial charge is 0.493 e. The van der Waals surface area contributed by atoms with E-state index in [4.69, 9.17) is 28.4 Å². The van der Waals surface area contributed by atoms with Gasteiger partial charge in [0.25, 0.3) is 0 Å². The number of rotatable bonds is 16. The van der Waals surface area contributed by atoms with E-state index in [1.165, 1.54) is 17.9 Å². The maximum atomic E-state index is 13.7. The summed E-state index contributed by atoms with van der Waals surface area (Å²) in [6.07, 6.45) is 4.68. The Kier molecular flexibility index (Phi) is 13.7. The van der Waals surface area contributed by atoms with Crippen LogP contribution in [-0.2, 0) is 28.5 Å². The van der Waals surface area contributed by atoms with Crippen LogP contribution in [0.25, 0.3) is 0 Å². The molecule has 2 heterocycles. The second kappa shape index (κ2) is 17.2. The lowest BCUT2D eigenvalue weighted by Gasteiger charge is -2.33. The molecule has 1 aromatic rings. The molecule has 244 valence electrons. The number of carbonyl (C=O) groups excluding carboxylic acids is 3. The van der Waals surface area contributed by atoms with Crippen LogP contribution in [0.15, 0.2) is 43.5 Å². The first kappa shape index (κ1) is 35.1. The zero-order valence-corrected chi connectivity index (χ0v) is 27.5. The van der Waals surface area contributed by atoms with Gasteiger partial charge in [0, 0.05) is 40.0 Å². The van der Waals surface area contributed by atoms with E-state index in [0.29, 0.717) is 36.6 Å². The standard InChI is InChI=1S/C32H48N2O9Si/c1-7-12-27(43-23(3)35)30-29(33-31(36)41-16-8-2)25-22-24(38-18-11-19-40-28-13-9-10-17-39-28)14-15-26(25)34(30)32(37)42-20-21-44(4,5)6/h7-8,14-15,22,27-30H,1-2,9-13,16-21H2,3-6H3,(H,33,36)/t27?,28?,29-,30+/m0/s1. The highest BCUT2D eigenvalue weighted by Gasteiger charge is 2.48. The van der Waals surface area contributed by atoms with Crippen LogP contribution in [0.3, 0.4) is 0 Å². The molecule has 0 bridgehead atoms. The number of amides is 2. The molecule has 0 saturated carbocycles. The van der Waals surface area contributed by atoms with E-state index in [2.05, 4.69) is 38.1 Å². The topological polar surface area (TPSA) is 122 Å². The minimum absolute atomic E-state index is 0.00429. The second-order valence-corrected chi connectivity index (χ2v) is 17.7. The molecule has 0 radical (unpaired) electrons. The van der Waals surface area contributed by atoms with Crippen molar-refractivity contribution in [1.29, 1.82) is 0 Å². The predicted octanol–water partition coefficient (Wildman–Crippen LogP) is 6.12. The molecule has 11 nitrogen and oxygen atoms in total. The number of carbonyl (C=O) groups is 3. The van der Waals surface area contributed by atoms with Gasteiger partial charge in [-0.2, -0.15) is 0 Å². The summed E-state index contributed by atoms with van der Waals surface area (Å²) >= 11 is 0. The van der Waals surface area contributed by atoms with E-state index < -0.39 is 44.4 Å². The van der Waals surface area contributed by atoms with Crippen LogP contribution in [0.4, 0.5) is 15.3 Å². The minimum Gasteiger partial charge on any atom is -0.493 e. The van der Waals surface area contributed by atoms with Gasteiger partial charge >= 0.3 is 18.2 Å². The van der Waals surface area contributed by atoms with Crippen molar-refractivity contribution in [3.8, 4) is 5.75 Å². The molecule has 1 N–H and O–H groups in total. The van der Waals surface area contributed by atoms with Crippen LogP contribution in [0.2, 0.25) is 25.7 Å². The summed E-state index contributed by atoms with van der Waals surface area (Å²) in [6, 6.07) is 4.41. The van der Waals surface area contributed by atoms with Crippen molar-refractivity contribution in [2.24, 2.45) is 0 Å². The SMILES string of the molecule is C=CCOC(=O)N[C@H]1c2cc(OCCCOC3CCCCO3)ccc2N(C(=O)OCC[Si](C)(C)C)[C@@H]1C(CC=C)OC(C)=O. The Labute approximate surface area is 261 Å². The van der Waals surface area contributed by atoms with Crippen LogP contribution in [-0.4, -0.2) is 77.7 Å². The van der Waals surface area contributed by atoms with Crippen LogP contribution in [0, 0.1) is 0 Å². The Morgan fingerprint density at radius 2 is 1.91 bits per heavy atom. The molecule has 1 aromatic carbocycles. The van der Waals surface area contributed by atoms with Gasteiger partial charge in [0.15, 0.2) is 6.29 Å².